The first-order chi connectivity index (χ1) is 11.3. The van der Waals surface area contributed by atoms with Gasteiger partial charge in [-0.1, -0.05) is 0 Å². The Hall–Kier alpha value is -1.47. The second-order valence-corrected chi connectivity index (χ2v) is 6.32. The summed E-state index contributed by atoms with van der Waals surface area (Å²) in [6, 6.07) is 0. The van der Waals surface area contributed by atoms with Gasteiger partial charge in [0.25, 0.3) is 5.56 Å². The Kier molecular flexibility index (Phi) is 4.66. The third-order valence-electron chi connectivity index (χ3n) is 3.48. The molecule has 1 aliphatic heterocycles. The van der Waals surface area contributed by atoms with Gasteiger partial charge >= 0.3 is 8.25 Å². The number of nitrogen functional groups attached to an aromatic ring is 1. The lowest BCUT2D eigenvalue weighted by Gasteiger charge is -2.17. The van der Waals surface area contributed by atoms with E-state index < -0.39 is 45.0 Å². The summed E-state index contributed by atoms with van der Waals surface area (Å²) in [5, 5.41) is 19.4. The summed E-state index contributed by atoms with van der Waals surface area (Å²) in [6.07, 6.45) is -4.96. The number of fused-ring (bicyclic) bond motifs is 1. The number of nitrogens with one attached hydrogen (secondary N) is 1. The molecule has 6 N–H and O–H groups in total. The Morgan fingerprint density at radius 2 is 2.21 bits per heavy atom. The van der Waals surface area contributed by atoms with Gasteiger partial charge in [0.1, 0.15) is 12.2 Å². The first kappa shape index (κ1) is 17.4. The lowest BCUT2D eigenvalue weighted by Crippen LogP contribution is -2.34. The Bertz CT molecular complexity index is 856. The van der Waals surface area contributed by atoms with E-state index in [-0.39, 0.29) is 21.8 Å². The van der Waals surface area contributed by atoms with Gasteiger partial charge in [0.15, 0.2) is 28.2 Å². The van der Waals surface area contributed by atoms with Gasteiger partial charge in [-0.15, -0.1) is 9.42 Å². The van der Waals surface area contributed by atoms with E-state index in [1.807, 2.05) is 0 Å². The van der Waals surface area contributed by atoms with E-state index in [4.69, 9.17) is 19.9 Å². The van der Waals surface area contributed by atoms with Crippen molar-refractivity contribution in [3.63, 3.8) is 0 Å². The van der Waals surface area contributed by atoms with Crippen molar-refractivity contribution in [1.29, 1.82) is 0 Å². The van der Waals surface area contributed by atoms with Crippen LogP contribution in [0.2, 0.25) is 0 Å². The number of nitrogens with two attached hydrogens (primary N) is 1. The van der Waals surface area contributed by atoms with Gasteiger partial charge in [-0.05, 0) is 15.9 Å². The van der Waals surface area contributed by atoms with Crippen molar-refractivity contribution in [3.8, 4) is 0 Å². The van der Waals surface area contributed by atoms with Crippen LogP contribution < -0.4 is 11.3 Å². The lowest BCUT2D eigenvalue weighted by molar-refractivity contribution is -0.0497. The van der Waals surface area contributed by atoms with E-state index in [9.17, 15) is 19.6 Å². The van der Waals surface area contributed by atoms with E-state index in [2.05, 4.69) is 30.9 Å². The number of halogens is 1. The fourth-order valence-corrected chi connectivity index (χ4v) is 3.48. The molecule has 12 nitrogen and oxygen atoms in total. The number of aliphatic hydroxyl groups excluding tert-OH is 2. The Morgan fingerprint density at radius 3 is 2.83 bits per heavy atom. The Morgan fingerprint density at radius 1 is 1.50 bits per heavy atom. The minimum atomic E-state index is -3.06. The molecular formula is C10H12BrN5O7P+. The molecule has 0 bridgehead atoms. The summed E-state index contributed by atoms with van der Waals surface area (Å²) < 4.78 is 22.7. The number of hydrogen-bond donors (Lipinski definition) is 5. The first-order valence-corrected chi connectivity index (χ1v) is 8.46. The van der Waals surface area contributed by atoms with E-state index in [1.54, 1.807) is 0 Å². The zero-order chi connectivity index (χ0) is 17.6. The molecule has 0 aliphatic carbocycles. The maximum Gasteiger partial charge on any atom is 0.695 e. The number of aromatic nitrogens is 4. The fraction of sp³-hybridized carbons (Fsp3) is 0.500. The van der Waals surface area contributed by atoms with Crippen molar-refractivity contribution in [3.05, 3.63) is 15.1 Å². The van der Waals surface area contributed by atoms with Crippen LogP contribution >= 0.6 is 24.2 Å². The zero-order valence-electron chi connectivity index (χ0n) is 11.7. The maximum atomic E-state index is 11.9. The van der Waals surface area contributed by atoms with Crippen molar-refractivity contribution >= 4 is 41.3 Å². The van der Waals surface area contributed by atoms with Gasteiger partial charge in [-0.25, -0.2) is 4.98 Å². The topological polar surface area (TPSA) is 186 Å². The molecule has 1 fully saturated rings. The molecule has 2 aromatic heterocycles. The van der Waals surface area contributed by atoms with Crippen LogP contribution in [0.5, 0.6) is 0 Å². The highest BCUT2D eigenvalue weighted by Crippen LogP contribution is 2.39. The van der Waals surface area contributed by atoms with Crippen LogP contribution in [0.1, 0.15) is 6.23 Å². The Balaban J connectivity index is 2.15. The molecule has 0 spiro atoms. The van der Waals surface area contributed by atoms with Crippen molar-refractivity contribution < 1.29 is 28.9 Å². The third-order valence-corrected chi connectivity index (χ3v) is 4.47. The second-order valence-electron chi connectivity index (χ2n) is 4.92. The number of ether oxygens (including phenoxy) is 1. The number of anilines is 1. The molecule has 5 atom stereocenters. The SMILES string of the molecule is Nc1nc2c(nc(Br)n2[C@@H]2O[C@H](CO)[C@@H](O)[C@H]2O[P+](=O)O)c(=O)[nH]1. The fourth-order valence-electron chi connectivity index (χ4n) is 2.49. The van der Waals surface area contributed by atoms with Crippen molar-refractivity contribution in [1.82, 2.24) is 19.5 Å². The summed E-state index contributed by atoms with van der Waals surface area (Å²) in [7, 11) is -3.06. The van der Waals surface area contributed by atoms with Crippen LogP contribution in [0.3, 0.4) is 0 Å². The number of hydrogen-bond acceptors (Lipinski definition) is 9. The highest BCUT2D eigenvalue weighted by Gasteiger charge is 2.51. The number of aromatic amines is 1. The van der Waals surface area contributed by atoms with Crippen LogP contribution in [-0.2, 0) is 13.8 Å². The smallest absolute Gasteiger partial charge is 0.394 e. The zero-order valence-corrected chi connectivity index (χ0v) is 14.2. The van der Waals surface area contributed by atoms with Gasteiger partial charge in [0.05, 0.1) is 6.61 Å². The van der Waals surface area contributed by atoms with Crippen molar-refractivity contribution in [2.75, 3.05) is 12.3 Å². The number of imidazole rings is 1. The van der Waals surface area contributed by atoms with Crippen LogP contribution in [-0.4, -0.2) is 59.5 Å². The van der Waals surface area contributed by atoms with Gasteiger partial charge in [-0.3, -0.25) is 14.3 Å². The molecule has 0 amide bonds. The second kappa shape index (κ2) is 6.44. The van der Waals surface area contributed by atoms with Crippen molar-refractivity contribution in [2.24, 2.45) is 0 Å². The number of aliphatic hydroxyl groups is 2. The predicted octanol–water partition coefficient (Wildman–Crippen LogP) is -1.25. The highest BCUT2D eigenvalue weighted by atomic mass is 79.9. The van der Waals surface area contributed by atoms with E-state index in [1.165, 1.54) is 4.57 Å². The summed E-state index contributed by atoms with van der Waals surface area (Å²) in [4.78, 5) is 31.2. The largest absolute Gasteiger partial charge is 0.695 e. The molecule has 130 valence electrons. The Labute approximate surface area is 142 Å². The van der Waals surface area contributed by atoms with Gasteiger partial charge in [-0.2, -0.15) is 4.98 Å². The summed E-state index contributed by atoms with van der Waals surface area (Å²) in [5.41, 5.74) is 4.88. The predicted molar refractivity (Wildman–Crippen MR) is 82.0 cm³/mol. The standard InChI is InChI=1S/C10H11BrN5O7P/c11-9-13-3-6(14-10(12)15-7(3)19)16(9)8-5(23-24(20)21)4(18)2(1-17)22-8/h2,4-5,8,17-18H,1H2,(H3-,12,14,15,19,20,21)/p+1/t2-,4-,5-,8-/m1/s1. The van der Waals surface area contributed by atoms with Crippen molar-refractivity contribution in [2.45, 2.75) is 24.5 Å². The third kappa shape index (κ3) is 2.84. The summed E-state index contributed by atoms with van der Waals surface area (Å²) in [5.74, 6) is -0.177. The number of H-pyrrole nitrogens is 1. The average Bonchev–Trinajstić information content (AvgIpc) is 2.97. The van der Waals surface area contributed by atoms with Crippen LogP contribution in [0.4, 0.5) is 5.95 Å². The number of rotatable bonds is 4. The molecule has 1 aliphatic rings. The van der Waals surface area contributed by atoms with Crippen LogP contribution in [0.25, 0.3) is 11.2 Å². The molecule has 0 aromatic carbocycles. The van der Waals surface area contributed by atoms with E-state index >= 15 is 0 Å². The minimum Gasteiger partial charge on any atom is -0.394 e. The first-order valence-electron chi connectivity index (χ1n) is 6.54. The number of nitrogens with zero attached hydrogens (tertiary/aromatic N) is 3. The normalized spacial score (nSPS) is 27.8. The van der Waals surface area contributed by atoms with Crippen LogP contribution in [0, 0.1) is 0 Å². The molecular weight excluding hydrogens is 413 g/mol. The molecule has 0 radical (unpaired) electrons. The molecule has 14 heteroatoms. The quantitative estimate of drug-likeness (QED) is 0.293. The molecule has 0 saturated carbocycles. The molecule has 1 unspecified atom stereocenters. The maximum absolute atomic E-state index is 11.9. The molecule has 2 aromatic rings. The van der Waals surface area contributed by atoms with Gasteiger partial charge in [0, 0.05) is 4.57 Å². The average molecular weight is 425 g/mol. The lowest BCUT2D eigenvalue weighted by atomic mass is 10.1. The van der Waals surface area contributed by atoms with Gasteiger partial charge in [0.2, 0.25) is 5.95 Å². The monoisotopic (exact) mass is 424 g/mol. The highest BCUT2D eigenvalue weighted by molar-refractivity contribution is 9.10. The van der Waals surface area contributed by atoms with Gasteiger partial charge < -0.3 is 20.7 Å². The molecule has 3 rings (SSSR count). The van der Waals surface area contributed by atoms with Crippen LogP contribution in [0.15, 0.2) is 9.53 Å². The van der Waals surface area contributed by atoms with E-state index in [0.29, 0.717) is 0 Å². The molecule has 3 heterocycles. The summed E-state index contributed by atoms with van der Waals surface area (Å²) >= 11 is 3.14. The molecule has 24 heavy (non-hydrogen) atoms. The molecule has 1 saturated heterocycles. The van der Waals surface area contributed by atoms with E-state index in [0.717, 1.165) is 0 Å². The summed E-state index contributed by atoms with van der Waals surface area (Å²) in [6.45, 7) is -0.555. The minimum absolute atomic E-state index is 0.0145.